The lowest BCUT2D eigenvalue weighted by Crippen LogP contribution is -2.40. The second-order valence-corrected chi connectivity index (χ2v) is 6.81. The van der Waals surface area contributed by atoms with Gasteiger partial charge in [-0.1, -0.05) is 6.07 Å². The van der Waals surface area contributed by atoms with E-state index in [1.807, 2.05) is 42.6 Å². The number of fused-ring (bicyclic) bond motifs is 1. The molecule has 1 amide bonds. The third-order valence-electron chi connectivity index (χ3n) is 4.93. The van der Waals surface area contributed by atoms with Crippen molar-refractivity contribution in [1.82, 2.24) is 15.2 Å². The van der Waals surface area contributed by atoms with E-state index in [9.17, 15) is 4.79 Å². The van der Waals surface area contributed by atoms with Crippen molar-refractivity contribution < 1.29 is 9.21 Å². The number of nitrogens with zero attached hydrogens (tertiary/aromatic N) is 1. The molecule has 0 spiro atoms. The summed E-state index contributed by atoms with van der Waals surface area (Å²) in [6, 6.07) is 11.7. The first-order chi connectivity index (χ1) is 12.3. The Bertz CT molecular complexity index is 838. The minimum Gasteiger partial charge on any atom is -0.468 e. The third-order valence-corrected chi connectivity index (χ3v) is 4.93. The van der Waals surface area contributed by atoms with Gasteiger partial charge in [0.25, 0.3) is 5.91 Å². The molecule has 130 valence electrons. The van der Waals surface area contributed by atoms with Gasteiger partial charge in [0.15, 0.2) is 0 Å². The molecule has 1 saturated heterocycles. The molecule has 5 nitrogen and oxygen atoms in total. The Morgan fingerprint density at radius 2 is 2.28 bits per heavy atom. The molecule has 1 aliphatic heterocycles. The highest BCUT2D eigenvalue weighted by molar-refractivity contribution is 5.97. The molecule has 4 rings (SSSR count). The number of carbonyl (C=O) groups is 1. The van der Waals surface area contributed by atoms with Crippen molar-refractivity contribution in [3.63, 3.8) is 0 Å². The van der Waals surface area contributed by atoms with E-state index in [2.05, 4.69) is 15.2 Å². The first kappa shape index (κ1) is 16.0. The number of amides is 1. The van der Waals surface area contributed by atoms with Crippen LogP contribution in [0.25, 0.3) is 10.9 Å². The van der Waals surface area contributed by atoms with Gasteiger partial charge in [0, 0.05) is 30.4 Å². The van der Waals surface area contributed by atoms with Crippen molar-refractivity contribution in [2.45, 2.75) is 19.4 Å². The molecule has 1 unspecified atom stereocenters. The highest BCUT2D eigenvalue weighted by Gasteiger charge is 2.21. The van der Waals surface area contributed by atoms with Gasteiger partial charge in [0.2, 0.25) is 0 Å². The molecule has 0 aliphatic carbocycles. The molecule has 1 fully saturated rings. The number of rotatable bonds is 5. The van der Waals surface area contributed by atoms with Crippen LogP contribution in [0.3, 0.4) is 0 Å². The lowest BCUT2D eigenvalue weighted by Gasteiger charge is -2.32. The normalized spacial score (nSPS) is 18.5. The van der Waals surface area contributed by atoms with E-state index in [0.29, 0.717) is 11.5 Å². The molecule has 3 heterocycles. The number of aromatic amines is 1. The molecule has 1 aliphatic rings. The van der Waals surface area contributed by atoms with Gasteiger partial charge in [-0.05, 0) is 61.0 Å². The first-order valence-corrected chi connectivity index (χ1v) is 8.88. The number of carbonyl (C=O) groups excluding carboxylic acids is 1. The Hall–Kier alpha value is -2.53. The van der Waals surface area contributed by atoms with Crippen LogP contribution >= 0.6 is 0 Å². The lowest BCUT2D eigenvalue weighted by atomic mass is 9.97. The zero-order chi connectivity index (χ0) is 17.1. The standard InChI is InChI=1S/C20H23N3O2/c24-20(17-6-5-16-7-8-21-19(16)11-17)22-12-15-3-1-9-23(13-15)14-18-4-2-10-25-18/h2,4-8,10-11,15,21H,1,3,9,12-14H2,(H,22,24). The van der Waals surface area contributed by atoms with Crippen LogP contribution in [-0.2, 0) is 6.54 Å². The Balaban J connectivity index is 1.31. The monoisotopic (exact) mass is 337 g/mol. The predicted molar refractivity (Wildman–Crippen MR) is 97.3 cm³/mol. The van der Waals surface area contributed by atoms with Gasteiger partial charge in [-0.3, -0.25) is 9.69 Å². The van der Waals surface area contributed by atoms with Crippen LogP contribution < -0.4 is 5.32 Å². The fourth-order valence-electron chi connectivity index (χ4n) is 3.61. The Kier molecular flexibility index (Phi) is 4.57. The number of likely N-dealkylation sites (tertiary alicyclic amines) is 1. The third kappa shape index (κ3) is 3.77. The Labute approximate surface area is 147 Å². The Morgan fingerprint density at radius 3 is 3.16 bits per heavy atom. The summed E-state index contributed by atoms with van der Waals surface area (Å²) in [4.78, 5) is 18.0. The minimum atomic E-state index is -0.000317. The summed E-state index contributed by atoms with van der Waals surface area (Å²) in [7, 11) is 0. The van der Waals surface area contributed by atoms with Crippen molar-refractivity contribution in [2.75, 3.05) is 19.6 Å². The van der Waals surface area contributed by atoms with E-state index in [4.69, 9.17) is 4.42 Å². The molecule has 25 heavy (non-hydrogen) atoms. The smallest absolute Gasteiger partial charge is 0.251 e. The number of hydrogen-bond acceptors (Lipinski definition) is 3. The molecule has 0 radical (unpaired) electrons. The van der Waals surface area contributed by atoms with Gasteiger partial charge >= 0.3 is 0 Å². The van der Waals surface area contributed by atoms with Gasteiger partial charge in [0.1, 0.15) is 5.76 Å². The lowest BCUT2D eigenvalue weighted by molar-refractivity contribution is 0.0928. The van der Waals surface area contributed by atoms with Crippen molar-refractivity contribution in [3.8, 4) is 0 Å². The van der Waals surface area contributed by atoms with Crippen molar-refractivity contribution >= 4 is 16.8 Å². The summed E-state index contributed by atoms with van der Waals surface area (Å²) in [5, 5.41) is 4.22. The van der Waals surface area contributed by atoms with Crippen LogP contribution in [0.5, 0.6) is 0 Å². The topological polar surface area (TPSA) is 61.3 Å². The van der Waals surface area contributed by atoms with Crippen molar-refractivity contribution in [2.24, 2.45) is 5.92 Å². The van der Waals surface area contributed by atoms with E-state index in [1.165, 1.54) is 0 Å². The van der Waals surface area contributed by atoms with Crippen LogP contribution in [0.15, 0.2) is 53.3 Å². The summed E-state index contributed by atoms with van der Waals surface area (Å²) < 4.78 is 5.44. The van der Waals surface area contributed by atoms with Crippen LogP contribution in [0, 0.1) is 5.92 Å². The minimum absolute atomic E-state index is 0.000317. The average Bonchev–Trinajstić information content (AvgIpc) is 3.30. The molecule has 1 aromatic carbocycles. The zero-order valence-corrected chi connectivity index (χ0v) is 14.2. The number of furan rings is 1. The summed E-state index contributed by atoms with van der Waals surface area (Å²) in [5.74, 6) is 1.49. The second kappa shape index (κ2) is 7.15. The molecule has 5 heteroatoms. The highest BCUT2D eigenvalue weighted by Crippen LogP contribution is 2.19. The molecular formula is C20H23N3O2. The SMILES string of the molecule is O=C(NCC1CCCN(Cc2ccco2)C1)c1ccc2cc[nH]c2c1. The van der Waals surface area contributed by atoms with Crippen LogP contribution in [0.4, 0.5) is 0 Å². The van der Waals surface area contributed by atoms with Crippen LogP contribution in [0.2, 0.25) is 0 Å². The molecule has 2 N–H and O–H groups in total. The summed E-state index contributed by atoms with van der Waals surface area (Å²) in [5.41, 5.74) is 1.70. The van der Waals surface area contributed by atoms with Gasteiger partial charge in [-0.2, -0.15) is 0 Å². The van der Waals surface area contributed by atoms with E-state index < -0.39 is 0 Å². The summed E-state index contributed by atoms with van der Waals surface area (Å²) in [6.07, 6.45) is 5.93. The number of H-pyrrole nitrogens is 1. The van der Waals surface area contributed by atoms with Crippen LogP contribution in [0.1, 0.15) is 29.0 Å². The highest BCUT2D eigenvalue weighted by atomic mass is 16.3. The summed E-state index contributed by atoms with van der Waals surface area (Å²) in [6.45, 7) is 3.66. The quantitative estimate of drug-likeness (QED) is 0.750. The molecule has 0 bridgehead atoms. The van der Waals surface area contributed by atoms with E-state index in [0.717, 1.165) is 55.7 Å². The fraction of sp³-hybridized carbons (Fsp3) is 0.350. The maximum Gasteiger partial charge on any atom is 0.251 e. The van der Waals surface area contributed by atoms with Gasteiger partial charge < -0.3 is 14.7 Å². The largest absolute Gasteiger partial charge is 0.468 e. The predicted octanol–water partition coefficient (Wildman–Crippen LogP) is 3.40. The molecule has 0 saturated carbocycles. The number of benzene rings is 1. The molecule has 3 aromatic rings. The van der Waals surface area contributed by atoms with Gasteiger partial charge in [-0.25, -0.2) is 0 Å². The number of nitrogens with one attached hydrogen (secondary N) is 2. The fourth-order valence-corrected chi connectivity index (χ4v) is 3.61. The Morgan fingerprint density at radius 1 is 1.32 bits per heavy atom. The van der Waals surface area contributed by atoms with Gasteiger partial charge in [0.05, 0.1) is 12.8 Å². The first-order valence-electron chi connectivity index (χ1n) is 8.88. The molecule has 2 aromatic heterocycles. The van der Waals surface area contributed by atoms with E-state index in [-0.39, 0.29) is 5.91 Å². The van der Waals surface area contributed by atoms with Crippen molar-refractivity contribution in [1.29, 1.82) is 0 Å². The maximum absolute atomic E-state index is 12.4. The zero-order valence-electron chi connectivity index (χ0n) is 14.2. The van der Waals surface area contributed by atoms with Crippen LogP contribution in [-0.4, -0.2) is 35.4 Å². The van der Waals surface area contributed by atoms with E-state index in [1.54, 1.807) is 6.26 Å². The maximum atomic E-state index is 12.4. The number of hydrogen-bond donors (Lipinski definition) is 2. The van der Waals surface area contributed by atoms with E-state index >= 15 is 0 Å². The number of piperidine rings is 1. The summed E-state index contributed by atoms with van der Waals surface area (Å²) >= 11 is 0. The second-order valence-electron chi connectivity index (χ2n) is 6.81. The average molecular weight is 337 g/mol. The molecular weight excluding hydrogens is 314 g/mol. The van der Waals surface area contributed by atoms with Crippen molar-refractivity contribution in [3.05, 3.63) is 60.2 Å². The molecule has 1 atom stereocenters. The van der Waals surface area contributed by atoms with Gasteiger partial charge in [-0.15, -0.1) is 0 Å². The number of aromatic nitrogens is 1.